The van der Waals surface area contributed by atoms with Gasteiger partial charge >= 0.3 is 0 Å². The molecule has 1 N–H and O–H groups in total. The number of hydrogen-bond acceptors (Lipinski definition) is 3. The van der Waals surface area contributed by atoms with Crippen LogP contribution < -0.4 is 4.90 Å². The third-order valence-corrected chi connectivity index (χ3v) is 5.79. The second-order valence-electron chi connectivity index (χ2n) is 7.82. The Bertz CT molecular complexity index is 901. The smallest absolute Gasteiger partial charge is 0.272 e. The van der Waals surface area contributed by atoms with Gasteiger partial charge in [-0.1, -0.05) is 18.2 Å². The van der Waals surface area contributed by atoms with Gasteiger partial charge in [0.1, 0.15) is 11.6 Å². The van der Waals surface area contributed by atoms with Crippen LogP contribution in [0, 0.1) is 5.82 Å². The summed E-state index contributed by atoms with van der Waals surface area (Å²) < 4.78 is 44.3. The molecule has 0 bridgehead atoms. The molecular formula is C22H23F3N2O2. The minimum Gasteiger partial charge on any atom is -0.508 e. The van der Waals surface area contributed by atoms with E-state index in [1.807, 2.05) is 0 Å². The number of phenols is 1. The fourth-order valence-corrected chi connectivity index (χ4v) is 4.25. The van der Waals surface area contributed by atoms with Crippen LogP contribution in [-0.4, -0.2) is 41.5 Å². The van der Waals surface area contributed by atoms with Crippen LogP contribution in [-0.2, 0) is 11.3 Å². The molecule has 2 fully saturated rings. The van der Waals surface area contributed by atoms with Crippen molar-refractivity contribution in [2.75, 3.05) is 24.5 Å². The average Bonchev–Trinajstić information content (AvgIpc) is 3.08. The van der Waals surface area contributed by atoms with Crippen LogP contribution in [0.25, 0.3) is 0 Å². The van der Waals surface area contributed by atoms with Crippen LogP contribution in [0.15, 0.2) is 42.5 Å². The molecule has 1 amide bonds. The van der Waals surface area contributed by atoms with Gasteiger partial charge in [0.25, 0.3) is 5.92 Å². The minimum atomic E-state index is -3.04. The van der Waals surface area contributed by atoms with E-state index in [9.17, 15) is 23.1 Å². The standard InChI is InChI=1S/C22H23F3N2O2/c23-19-8-3-15(13-26-10-1-2-21(26)29)12-20(19)27-11-9-18(22(24,25)14-27)16-4-6-17(28)7-5-16/h3-8,12,18,28H,1-2,9-11,13-14H2/t18-/m0/s1. The first kappa shape index (κ1) is 19.6. The van der Waals surface area contributed by atoms with Crippen molar-refractivity contribution in [2.45, 2.75) is 37.6 Å². The van der Waals surface area contributed by atoms with E-state index in [-0.39, 0.29) is 23.8 Å². The topological polar surface area (TPSA) is 43.8 Å². The molecule has 0 radical (unpaired) electrons. The van der Waals surface area contributed by atoms with Crippen LogP contribution in [0.4, 0.5) is 18.9 Å². The Balaban J connectivity index is 1.52. The SMILES string of the molecule is O=C1CCCN1Cc1ccc(F)c(N2CC[C@@H](c3ccc(O)cc3)C(F)(F)C2)c1. The minimum absolute atomic E-state index is 0.0323. The zero-order chi connectivity index (χ0) is 20.6. The predicted octanol–water partition coefficient (Wildman–Crippen LogP) is 4.28. The van der Waals surface area contributed by atoms with Crippen molar-refractivity contribution in [2.24, 2.45) is 0 Å². The number of amides is 1. The highest BCUT2D eigenvalue weighted by Gasteiger charge is 2.45. The number of piperidine rings is 1. The maximum absolute atomic E-state index is 14.9. The fraction of sp³-hybridized carbons (Fsp3) is 0.409. The first-order chi connectivity index (χ1) is 13.8. The first-order valence-electron chi connectivity index (χ1n) is 9.81. The predicted molar refractivity (Wildman–Crippen MR) is 104 cm³/mol. The van der Waals surface area contributed by atoms with E-state index in [0.29, 0.717) is 31.6 Å². The number of hydrogen-bond donors (Lipinski definition) is 1. The normalized spacial score (nSPS) is 21.6. The Kier molecular flexibility index (Phi) is 5.15. The number of alkyl halides is 2. The molecule has 2 aliphatic rings. The summed E-state index contributed by atoms with van der Waals surface area (Å²) in [5.41, 5.74) is 1.35. The zero-order valence-electron chi connectivity index (χ0n) is 16.0. The molecule has 2 aromatic carbocycles. The van der Waals surface area contributed by atoms with E-state index in [0.717, 1.165) is 12.0 Å². The Morgan fingerprint density at radius 2 is 1.86 bits per heavy atom. The quantitative estimate of drug-likeness (QED) is 0.827. The van der Waals surface area contributed by atoms with E-state index >= 15 is 0 Å². The van der Waals surface area contributed by atoms with Gasteiger partial charge in [-0.2, -0.15) is 0 Å². The molecule has 0 spiro atoms. The van der Waals surface area contributed by atoms with Crippen LogP contribution in [0.3, 0.4) is 0 Å². The van der Waals surface area contributed by atoms with Crippen molar-refractivity contribution in [1.82, 2.24) is 4.90 Å². The summed E-state index contributed by atoms with van der Waals surface area (Å²) in [6.45, 7) is 0.750. The van der Waals surface area contributed by atoms with Crippen molar-refractivity contribution in [1.29, 1.82) is 0 Å². The van der Waals surface area contributed by atoms with Gasteiger partial charge in [0.2, 0.25) is 5.91 Å². The molecule has 4 rings (SSSR count). The highest BCUT2D eigenvalue weighted by Crippen LogP contribution is 2.42. The van der Waals surface area contributed by atoms with Crippen molar-refractivity contribution in [3.05, 3.63) is 59.4 Å². The Hall–Kier alpha value is -2.70. The summed E-state index contributed by atoms with van der Waals surface area (Å²) in [7, 11) is 0. The highest BCUT2D eigenvalue weighted by molar-refractivity contribution is 5.78. The summed E-state index contributed by atoms with van der Waals surface area (Å²) in [4.78, 5) is 14.9. The molecule has 0 saturated carbocycles. The van der Waals surface area contributed by atoms with Gasteiger partial charge in [-0.3, -0.25) is 4.79 Å². The van der Waals surface area contributed by atoms with Gasteiger partial charge in [-0.15, -0.1) is 0 Å². The first-order valence-corrected chi connectivity index (χ1v) is 9.81. The third-order valence-electron chi connectivity index (χ3n) is 5.79. The number of carbonyl (C=O) groups excluding carboxylic acids is 1. The van der Waals surface area contributed by atoms with Gasteiger partial charge in [-0.05, 0) is 48.2 Å². The van der Waals surface area contributed by atoms with Gasteiger partial charge < -0.3 is 14.9 Å². The maximum Gasteiger partial charge on any atom is 0.272 e. The summed E-state index contributed by atoms with van der Waals surface area (Å²) >= 11 is 0. The van der Waals surface area contributed by atoms with Crippen molar-refractivity contribution < 1.29 is 23.1 Å². The monoisotopic (exact) mass is 404 g/mol. The van der Waals surface area contributed by atoms with Crippen molar-refractivity contribution in [3.63, 3.8) is 0 Å². The number of anilines is 1. The number of halogens is 3. The van der Waals surface area contributed by atoms with E-state index in [1.165, 1.54) is 35.2 Å². The van der Waals surface area contributed by atoms with Gasteiger partial charge in [0, 0.05) is 26.1 Å². The van der Waals surface area contributed by atoms with Crippen molar-refractivity contribution >= 4 is 11.6 Å². The number of aromatic hydroxyl groups is 1. The highest BCUT2D eigenvalue weighted by atomic mass is 19.3. The molecule has 2 aliphatic heterocycles. The molecule has 29 heavy (non-hydrogen) atoms. The summed E-state index contributed by atoms with van der Waals surface area (Å²) in [6.07, 6.45) is 1.50. The molecule has 2 heterocycles. The van der Waals surface area contributed by atoms with Crippen LogP contribution >= 0.6 is 0 Å². The summed E-state index contributed by atoms with van der Waals surface area (Å²) in [5, 5.41) is 9.39. The lowest BCUT2D eigenvalue weighted by molar-refractivity contribution is -0.128. The lowest BCUT2D eigenvalue weighted by Gasteiger charge is -2.40. The molecule has 1 atom stereocenters. The molecule has 7 heteroatoms. The molecule has 2 aromatic rings. The van der Waals surface area contributed by atoms with Crippen LogP contribution in [0.5, 0.6) is 5.75 Å². The fourth-order valence-electron chi connectivity index (χ4n) is 4.25. The number of benzene rings is 2. The third kappa shape index (κ3) is 4.04. The second-order valence-corrected chi connectivity index (χ2v) is 7.82. The van der Waals surface area contributed by atoms with Gasteiger partial charge in [-0.25, -0.2) is 13.2 Å². The Morgan fingerprint density at radius 1 is 1.10 bits per heavy atom. The van der Waals surface area contributed by atoms with Crippen molar-refractivity contribution in [3.8, 4) is 5.75 Å². The molecular weight excluding hydrogens is 381 g/mol. The zero-order valence-corrected chi connectivity index (χ0v) is 16.0. The number of rotatable bonds is 4. The van der Waals surface area contributed by atoms with E-state index in [4.69, 9.17) is 0 Å². The van der Waals surface area contributed by atoms with Crippen LogP contribution in [0.2, 0.25) is 0 Å². The average molecular weight is 404 g/mol. The number of nitrogens with zero attached hydrogens (tertiary/aromatic N) is 2. The molecule has 0 unspecified atom stereocenters. The molecule has 0 aliphatic carbocycles. The maximum atomic E-state index is 14.9. The molecule has 4 nitrogen and oxygen atoms in total. The number of phenolic OH excluding ortho intramolecular Hbond substituents is 1. The summed E-state index contributed by atoms with van der Waals surface area (Å²) in [6, 6.07) is 10.3. The molecule has 0 aromatic heterocycles. The number of likely N-dealkylation sites (tertiary alicyclic amines) is 1. The number of carbonyl (C=O) groups is 1. The lowest BCUT2D eigenvalue weighted by atomic mass is 9.86. The van der Waals surface area contributed by atoms with E-state index in [2.05, 4.69) is 0 Å². The summed E-state index contributed by atoms with van der Waals surface area (Å²) in [5.74, 6) is -4.46. The van der Waals surface area contributed by atoms with Crippen LogP contribution in [0.1, 0.15) is 36.3 Å². The van der Waals surface area contributed by atoms with Gasteiger partial charge in [0.15, 0.2) is 0 Å². The lowest BCUT2D eigenvalue weighted by Crippen LogP contribution is -2.47. The second kappa shape index (κ2) is 7.61. The molecule has 2 saturated heterocycles. The Morgan fingerprint density at radius 3 is 2.52 bits per heavy atom. The molecule has 154 valence electrons. The largest absolute Gasteiger partial charge is 0.508 e. The Labute approximate surface area is 167 Å². The van der Waals surface area contributed by atoms with E-state index in [1.54, 1.807) is 17.0 Å². The van der Waals surface area contributed by atoms with Gasteiger partial charge in [0.05, 0.1) is 18.2 Å². The van der Waals surface area contributed by atoms with E-state index < -0.39 is 24.2 Å².